The minimum atomic E-state index is -4.48. The van der Waals surface area contributed by atoms with Crippen molar-refractivity contribution in [3.8, 4) is 0 Å². The van der Waals surface area contributed by atoms with E-state index >= 15 is 0 Å². The van der Waals surface area contributed by atoms with Gasteiger partial charge in [-0.1, -0.05) is 12.2 Å². The highest BCUT2D eigenvalue weighted by Gasteiger charge is 2.31. The number of pyridine rings is 1. The summed E-state index contributed by atoms with van der Waals surface area (Å²) in [7, 11) is 0. The minimum absolute atomic E-state index is 0.0429. The van der Waals surface area contributed by atoms with Crippen LogP contribution in [0.4, 0.5) is 19.0 Å². The van der Waals surface area contributed by atoms with Crippen LogP contribution in [-0.4, -0.2) is 10.9 Å². The Morgan fingerprint density at radius 1 is 1.47 bits per heavy atom. The molecule has 1 aromatic heterocycles. The van der Waals surface area contributed by atoms with Gasteiger partial charge in [0.1, 0.15) is 5.82 Å². The molecule has 4 nitrogen and oxygen atoms in total. The van der Waals surface area contributed by atoms with Crippen LogP contribution in [0.15, 0.2) is 18.3 Å². The first-order chi connectivity index (χ1) is 7.80. The lowest BCUT2D eigenvalue weighted by Gasteiger charge is -2.07. The molecule has 0 saturated heterocycles. The number of amides is 1. The third-order valence-electron chi connectivity index (χ3n) is 1.89. The van der Waals surface area contributed by atoms with Gasteiger partial charge in [-0.05, 0) is 6.07 Å². The maximum atomic E-state index is 12.4. The third kappa shape index (κ3) is 3.78. The lowest BCUT2D eigenvalue weighted by atomic mass is 10.1. The lowest BCUT2D eigenvalue weighted by Crippen LogP contribution is -2.08. The molecule has 0 fully saturated rings. The number of primary amides is 1. The predicted octanol–water partition coefficient (Wildman–Crippen LogP) is 1.57. The molecule has 0 aliphatic rings. The Labute approximate surface area is 95.1 Å². The van der Waals surface area contributed by atoms with Crippen molar-refractivity contribution < 1.29 is 18.0 Å². The Hall–Kier alpha value is -2.05. The first-order valence-electron chi connectivity index (χ1n) is 4.58. The topological polar surface area (TPSA) is 82.0 Å². The van der Waals surface area contributed by atoms with Gasteiger partial charge in [0.15, 0.2) is 0 Å². The highest BCUT2D eigenvalue weighted by atomic mass is 19.4. The molecule has 1 aromatic rings. The summed E-state index contributed by atoms with van der Waals surface area (Å²) >= 11 is 0. The van der Waals surface area contributed by atoms with Crippen molar-refractivity contribution in [3.63, 3.8) is 0 Å². The van der Waals surface area contributed by atoms with Gasteiger partial charge in [0.2, 0.25) is 5.91 Å². The second-order valence-corrected chi connectivity index (χ2v) is 3.27. The summed E-state index contributed by atoms with van der Waals surface area (Å²) in [6.45, 7) is 0. The van der Waals surface area contributed by atoms with Crippen LogP contribution in [0.3, 0.4) is 0 Å². The van der Waals surface area contributed by atoms with E-state index in [1.165, 1.54) is 12.2 Å². The molecular weight excluding hydrogens is 235 g/mol. The number of rotatable bonds is 3. The Bertz CT molecular complexity index is 455. The molecule has 1 amide bonds. The van der Waals surface area contributed by atoms with Crippen molar-refractivity contribution in [1.82, 2.24) is 4.98 Å². The number of nitrogens with zero attached hydrogens (tertiary/aromatic N) is 1. The average Bonchev–Trinajstić information content (AvgIpc) is 2.18. The van der Waals surface area contributed by atoms with Gasteiger partial charge in [-0.25, -0.2) is 4.98 Å². The molecule has 0 atom stereocenters. The first-order valence-corrected chi connectivity index (χ1v) is 4.58. The number of nitrogen functional groups attached to an aromatic ring is 1. The molecule has 92 valence electrons. The number of carbonyl (C=O) groups is 1. The Morgan fingerprint density at radius 3 is 2.65 bits per heavy atom. The van der Waals surface area contributed by atoms with Crippen molar-refractivity contribution >= 4 is 17.8 Å². The number of halogens is 3. The molecule has 0 spiro atoms. The van der Waals surface area contributed by atoms with Crippen molar-refractivity contribution in [2.75, 3.05) is 5.73 Å². The van der Waals surface area contributed by atoms with E-state index in [9.17, 15) is 18.0 Å². The smallest absolute Gasteiger partial charge is 0.383 e. The molecule has 0 aliphatic carbocycles. The lowest BCUT2D eigenvalue weighted by molar-refractivity contribution is -0.137. The third-order valence-corrected chi connectivity index (χ3v) is 1.89. The standard InChI is InChI=1S/C10H10F3N3O/c11-10(12,13)7-4-6(9(15)16-5-7)2-1-3-8(14)17/h1-2,4-5H,3H2,(H2,14,17)(H2,15,16). The summed E-state index contributed by atoms with van der Waals surface area (Å²) in [5.41, 5.74) is 9.48. The SMILES string of the molecule is NC(=O)CC=Cc1cc(C(F)(F)F)cnc1N. The van der Waals surface area contributed by atoms with Crippen molar-refractivity contribution in [1.29, 1.82) is 0 Å². The molecule has 1 heterocycles. The number of carbonyl (C=O) groups excluding carboxylic acids is 1. The number of hydrogen-bond donors (Lipinski definition) is 2. The zero-order valence-electron chi connectivity index (χ0n) is 8.66. The van der Waals surface area contributed by atoms with E-state index in [2.05, 4.69) is 4.98 Å². The molecule has 1 rings (SSSR count). The van der Waals surface area contributed by atoms with E-state index in [1.807, 2.05) is 0 Å². The average molecular weight is 245 g/mol. The number of alkyl halides is 3. The summed E-state index contributed by atoms with van der Waals surface area (Å²) in [6, 6.07) is 0.861. The van der Waals surface area contributed by atoms with E-state index in [0.717, 1.165) is 6.07 Å². The minimum Gasteiger partial charge on any atom is -0.383 e. The van der Waals surface area contributed by atoms with Gasteiger partial charge in [0.05, 0.1) is 5.56 Å². The van der Waals surface area contributed by atoms with Gasteiger partial charge in [-0.3, -0.25) is 4.79 Å². The van der Waals surface area contributed by atoms with Crippen molar-refractivity contribution in [2.45, 2.75) is 12.6 Å². The van der Waals surface area contributed by atoms with E-state index < -0.39 is 17.6 Å². The Kier molecular flexibility index (Phi) is 3.72. The summed E-state index contributed by atoms with van der Waals surface area (Å²) in [6.07, 6.45) is -1.29. The largest absolute Gasteiger partial charge is 0.417 e. The van der Waals surface area contributed by atoms with Crippen molar-refractivity contribution in [2.24, 2.45) is 5.73 Å². The fraction of sp³-hybridized carbons (Fsp3) is 0.200. The van der Waals surface area contributed by atoms with Crippen LogP contribution >= 0.6 is 0 Å². The van der Waals surface area contributed by atoms with Gasteiger partial charge < -0.3 is 11.5 Å². The normalized spacial score (nSPS) is 11.9. The summed E-state index contributed by atoms with van der Waals surface area (Å²) in [4.78, 5) is 13.9. The molecule has 17 heavy (non-hydrogen) atoms. The second kappa shape index (κ2) is 4.86. The zero-order chi connectivity index (χ0) is 13.1. The molecular formula is C10H10F3N3O. The van der Waals surface area contributed by atoms with Gasteiger partial charge >= 0.3 is 6.18 Å². The molecule has 0 aliphatic heterocycles. The molecule has 0 radical (unpaired) electrons. The van der Waals surface area contributed by atoms with E-state index in [4.69, 9.17) is 11.5 Å². The van der Waals surface area contributed by atoms with Crippen LogP contribution in [0.2, 0.25) is 0 Å². The van der Waals surface area contributed by atoms with Crippen LogP contribution in [0.25, 0.3) is 6.08 Å². The first kappa shape index (κ1) is 13.0. The summed E-state index contributed by atoms with van der Waals surface area (Å²) < 4.78 is 37.1. The highest BCUT2D eigenvalue weighted by Crippen LogP contribution is 2.30. The van der Waals surface area contributed by atoms with Gasteiger partial charge in [-0.2, -0.15) is 13.2 Å². The molecule has 0 saturated carbocycles. The molecule has 0 bridgehead atoms. The van der Waals surface area contributed by atoms with Crippen LogP contribution < -0.4 is 11.5 Å². The van der Waals surface area contributed by atoms with Crippen LogP contribution in [0.1, 0.15) is 17.5 Å². The molecule has 0 unspecified atom stereocenters. The van der Waals surface area contributed by atoms with Crippen LogP contribution in [0, 0.1) is 0 Å². The quantitative estimate of drug-likeness (QED) is 0.847. The summed E-state index contributed by atoms with van der Waals surface area (Å²) in [5, 5.41) is 0. The molecule has 4 N–H and O–H groups in total. The fourth-order valence-electron chi connectivity index (χ4n) is 1.08. The van der Waals surface area contributed by atoms with Crippen LogP contribution in [-0.2, 0) is 11.0 Å². The monoisotopic (exact) mass is 245 g/mol. The van der Waals surface area contributed by atoms with E-state index in [1.54, 1.807) is 0 Å². The van der Waals surface area contributed by atoms with Gasteiger partial charge in [0, 0.05) is 18.2 Å². The highest BCUT2D eigenvalue weighted by molar-refractivity contribution is 5.77. The van der Waals surface area contributed by atoms with Crippen molar-refractivity contribution in [3.05, 3.63) is 29.5 Å². The Morgan fingerprint density at radius 2 is 2.12 bits per heavy atom. The number of aromatic nitrogens is 1. The van der Waals surface area contributed by atoms with E-state index in [0.29, 0.717) is 6.20 Å². The number of hydrogen-bond acceptors (Lipinski definition) is 3. The van der Waals surface area contributed by atoms with Gasteiger partial charge in [0.25, 0.3) is 0 Å². The van der Waals surface area contributed by atoms with Gasteiger partial charge in [-0.15, -0.1) is 0 Å². The maximum Gasteiger partial charge on any atom is 0.417 e. The van der Waals surface area contributed by atoms with E-state index in [-0.39, 0.29) is 17.8 Å². The number of anilines is 1. The van der Waals surface area contributed by atoms with Crippen LogP contribution in [0.5, 0.6) is 0 Å². The zero-order valence-corrected chi connectivity index (χ0v) is 8.66. The molecule has 0 aromatic carbocycles. The second-order valence-electron chi connectivity index (χ2n) is 3.27. The molecule has 7 heteroatoms. The number of nitrogens with two attached hydrogens (primary N) is 2. The Balaban J connectivity index is 2.99. The predicted molar refractivity (Wildman–Crippen MR) is 56.5 cm³/mol. The summed E-state index contributed by atoms with van der Waals surface area (Å²) in [5.74, 6) is -0.626. The maximum absolute atomic E-state index is 12.4. The fourth-order valence-corrected chi connectivity index (χ4v) is 1.08.